The quantitative estimate of drug-likeness (QED) is 0.840. The van der Waals surface area contributed by atoms with E-state index in [4.69, 9.17) is 17.3 Å². The monoisotopic (exact) mass is 283 g/mol. The Morgan fingerprint density at radius 3 is 2.68 bits per heavy atom. The third-order valence-electron chi connectivity index (χ3n) is 3.28. The highest BCUT2D eigenvalue weighted by atomic mass is 35.5. The average molecular weight is 284 g/mol. The van der Waals surface area contributed by atoms with Crippen LogP contribution in [0.15, 0.2) is 0 Å². The molecule has 1 amide bonds. The van der Waals surface area contributed by atoms with Gasteiger partial charge in [-0.2, -0.15) is 4.98 Å². The van der Waals surface area contributed by atoms with Gasteiger partial charge < -0.3 is 15.5 Å². The van der Waals surface area contributed by atoms with Gasteiger partial charge in [-0.15, -0.1) is 0 Å². The number of carbonyl (C=O) groups excluding carboxylic acids is 1. The van der Waals surface area contributed by atoms with E-state index in [1.54, 1.807) is 18.9 Å². The minimum atomic E-state index is 0.0896. The number of hydrogen-bond acceptors (Lipinski definition) is 5. The first-order valence-corrected chi connectivity index (χ1v) is 6.65. The number of nitrogens with zero attached hydrogens (tertiary/aromatic N) is 4. The number of aryl methyl sites for hydroxylation is 1. The van der Waals surface area contributed by atoms with Gasteiger partial charge in [-0.25, -0.2) is 4.98 Å². The maximum absolute atomic E-state index is 12.1. The summed E-state index contributed by atoms with van der Waals surface area (Å²) in [5, 5.41) is 0.141. The maximum atomic E-state index is 12.1. The number of rotatable bonds is 3. The number of halogens is 1. The fraction of sp³-hybridized carbons (Fsp3) is 0.583. The summed E-state index contributed by atoms with van der Waals surface area (Å²) in [6.07, 6.45) is 2.16. The van der Waals surface area contributed by atoms with Crippen LogP contribution < -0.4 is 10.6 Å². The second kappa shape index (κ2) is 5.61. The zero-order valence-corrected chi connectivity index (χ0v) is 11.9. The number of carbonyl (C=O) groups is 1. The van der Waals surface area contributed by atoms with Crippen LogP contribution in [0, 0.1) is 6.92 Å². The average Bonchev–Trinajstić information content (AvgIpc) is 2.87. The number of anilines is 2. The second-order valence-electron chi connectivity index (χ2n) is 4.76. The Balaban J connectivity index is 2.11. The Labute approximate surface area is 117 Å². The first-order chi connectivity index (χ1) is 8.99. The van der Waals surface area contributed by atoms with Crippen LogP contribution in [0.25, 0.3) is 0 Å². The highest BCUT2D eigenvalue weighted by Crippen LogP contribution is 2.23. The molecule has 0 aromatic carbocycles. The van der Waals surface area contributed by atoms with Crippen LogP contribution in [0.4, 0.5) is 11.5 Å². The molecule has 0 spiro atoms. The minimum Gasteiger partial charge on any atom is -0.394 e. The summed E-state index contributed by atoms with van der Waals surface area (Å²) in [5.41, 5.74) is 7.01. The van der Waals surface area contributed by atoms with Gasteiger partial charge in [0.15, 0.2) is 5.82 Å². The molecule has 0 saturated carbocycles. The molecule has 2 N–H and O–H groups in total. The van der Waals surface area contributed by atoms with Crippen molar-refractivity contribution in [3.8, 4) is 0 Å². The first kappa shape index (κ1) is 13.9. The second-order valence-corrected chi connectivity index (χ2v) is 5.10. The van der Waals surface area contributed by atoms with Crippen molar-refractivity contribution < 1.29 is 4.79 Å². The largest absolute Gasteiger partial charge is 0.394 e. The zero-order chi connectivity index (χ0) is 14.0. The zero-order valence-electron chi connectivity index (χ0n) is 11.2. The molecular weight excluding hydrogens is 266 g/mol. The van der Waals surface area contributed by atoms with E-state index in [1.807, 2.05) is 4.90 Å². The van der Waals surface area contributed by atoms with E-state index in [0.717, 1.165) is 25.9 Å². The van der Waals surface area contributed by atoms with E-state index >= 15 is 0 Å². The minimum absolute atomic E-state index is 0.0896. The number of nitrogens with two attached hydrogens (primary N) is 1. The predicted molar refractivity (Wildman–Crippen MR) is 75.3 cm³/mol. The van der Waals surface area contributed by atoms with Gasteiger partial charge in [0.2, 0.25) is 11.2 Å². The van der Waals surface area contributed by atoms with Crippen LogP contribution in [0.5, 0.6) is 0 Å². The van der Waals surface area contributed by atoms with Crippen molar-refractivity contribution in [1.29, 1.82) is 0 Å². The number of likely N-dealkylation sites (N-methyl/N-ethyl adjacent to an activating group) is 1. The Kier molecular flexibility index (Phi) is 4.09. The van der Waals surface area contributed by atoms with Crippen LogP contribution >= 0.6 is 11.6 Å². The molecule has 0 bridgehead atoms. The van der Waals surface area contributed by atoms with Crippen molar-refractivity contribution in [3.05, 3.63) is 11.0 Å². The van der Waals surface area contributed by atoms with Crippen LogP contribution in [0.2, 0.25) is 5.28 Å². The lowest BCUT2D eigenvalue weighted by atomic mass is 10.3. The van der Waals surface area contributed by atoms with Gasteiger partial charge in [0.25, 0.3) is 0 Å². The van der Waals surface area contributed by atoms with Gasteiger partial charge in [-0.3, -0.25) is 4.79 Å². The lowest BCUT2D eigenvalue weighted by Crippen LogP contribution is -2.37. The van der Waals surface area contributed by atoms with E-state index < -0.39 is 0 Å². The highest BCUT2D eigenvalue weighted by molar-refractivity contribution is 6.28. The lowest BCUT2D eigenvalue weighted by Gasteiger charge is -2.23. The fourth-order valence-corrected chi connectivity index (χ4v) is 2.38. The standard InChI is InChI=1S/C12H18ClN5O/c1-8-10(14)11(16-12(13)15-8)17(2)7-9(19)18-5-3-4-6-18/h3-7,14H2,1-2H3. The summed E-state index contributed by atoms with van der Waals surface area (Å²) >= 11 is 5.83. The number of aromatic nitrogens is 2. The molecule has 2 rings (SSSR count). The number of amides is 1. The van der Waals surface area contributed by atoms with Crippen molar-refractivity contribution in [2.45, 2.75) is 19.8 Å². The lowest BCUT2D eigenvalue weighted by molar-refractivity contribution is -0.128. The third-order valence-corrected chi connectivity index (χ3v) is 3.45. The smallest absolute Gasteiger partial charge is 0.242 e. The van der Waals surface area contributed by atoms with E-state index in [2.05, 4.69) is 9.97 Å². The Morgan fingerprint density at radius 2 is 2.05 bits per heavy atom. The first-order valence-electron chi connectivity index (χ1n) is 6.27. The predicted octanol–water partition coefficient (Wildman–Crippen LogP) is 1.08. The molecule has 2 heterocycles. The molecule has 6 nitrogen and oxygen atoms in total. The van der Waals surface area contributed by atoms with Gasteiger partial charge in [0, 0.05) is 20.1 Å². The van der Waals surface area contributed by atoms with Crippen molar-refractivity contribution in [1.82, 2.24) is 14.9 Å². The van der Waals surface area contributed by atoms with Crippen LogP contribution in [0.3, 0.4) is 0 Å². The van der Waals surface area contributed by atoms with Gasteiger partial charge in [0.05, 0.1) is 17.9 Å². The molecule has 1 fully saturated rings. The SMILES string of the molecule is Cc1nc(Cl)nc(N(C)CC(=O)N2CCCC2)c1N. The van der Waals surface area contributed by atoms with Gasteiger partial charge in [-0.05, 0) is 31.4 Å². The van der Waals surface area contributed by atoms with Gasteiger partial charge in [-0.1, -0.05) is 0 Å². The number of hydrogen-bond donors (Lipinski definition) is 1. The molecular formula is C12H18ClN5O. The van der Waals surface area contributed by atoms with Crippen molar-refractivity contribution in [2.24, 2.45) is 0 Å². The Hall–Kier alpha value is -1.56. The highest BCUT2D eigenvalue weighted by Gasteiger charge is 2.21. The number of likely N-dealkylation sites (tertiary alicyclic amines) is 1. The van der Waals surface area contributed by atoms with Gasteiger partial charge >= 0.3 is 0 Å². The summed E-state index contributed by atoms with van der Waals surface area (Å²) in [4.78, 5) is 23.7. The third kappa shape index (κ3) is 3.07. The molecule has 0 atom stereocenters. The molecule has 1 aliphatic heterocycles. The van der Waals surface area contributed by atoms with E-state index in [0.29, 0.717) is 17.2 Å². The van der Waals surface area contributed by atoms with Crippen molar-refractivity contribution in [2.75, 3.05) is 37.3 Å². The molecule has 0 radical (unpaired) electrons. The summed E-state index contributed by atoms with van der Waals surface area (Å²) in [6, 6.07) is 0. The fourth-order valence-electron chi connectivity index (χ4n) is 2.17. The normalized spacial score (nSPS) is 14.8. The van der Waals surface area contributed by atoms with Gasteiger partial charge in [0.1, 0.15) is 0 Å². The summed E-state index contributed by atoms with van der Waals surface area (Å²) in [5.74, 6) is 0.594. The molecule has 0 aliphatic carbocycles. The molecule has 7 heteroatoms. The molecule has 104 valence electrons. The molecule has 0 unspecified atom stereocenters. The summed E-state index contributed by atoms with van der Waals surface area (Å²) < 4.78 is 0. The summed E-state index contributed by atoms with van der Waals surface area (Å²) in [7, 11) is 1.78. The van der Waals surface area contributed by atoms with E-state index in [1.165, 1.54) is 0 Å². The molecule has 1 aromatic heterocycles. The topological polar surface area (TPSA) is 75.4 Å². The Bertz CT molecular complexity index is 487. The summed E-state index contributed by atoms with van der Waals surface area (Å²) in [6.45, 7) is 3.69. The van der Waals surface area contributed by atoms with Crippen LogP contribution in [-0.4, -0.2) is 47.5 Å². The molecule has 1 aliphatic rings. The van der Waals surface area contributed by atoms with Crippen LogP contribution in [0.1, 0.15) is 18.5 Å². The van der Waals surface area contributed by atoms with E-state index in [-0.39, 0.29) is 17.7 Å². The van der Waals surface area contributed by atoms with Crippen LogP contribution in [-0.2, 0) is 4.79 Å². The van der Waals surface area contributed by atoms with Crippen molar-refractivity contribution >= 4 is 29.0 Å². The molecule has 19 heavy (non-hydrogen) atoms. The molecule has 1 saturated heterocycles. The molecule has 1 aromatic rings. The maximum Gasteiger partial charge on any atom is 0.242 e. The van der Waals surface area contributed by atoms with Crippen molar-refractivity contribution in [3.63, 3.8) is 0 Å². The number of nitrogen functional groups attached to an aromatic ring is 1. The Morgan fingerprint density at radius 1 is 1.42 bits per heavy atom. The van der Waals surface area contributed by atoms with E-state index in [9.17, 15) is 4.79 Å².